The fourth-order valence-corrected chi connectivity index (χ4v) is 4.04. The van der Waals surface area contributed by atoms with Gasteiger partial charge in [0.2, 0.25) is 0 Å². The van der Waals surface area contributed by atoms with Gasteiger partial charge in [0.25, 0.3) is 5.91 Å². The fraction of sp³-hybridized carbons (Fsp3) is 0.391. The molecule has 1 saturated carbocycles. The summed E-state index contributed by atoms with van der Waals surface area (Å²) in [4.78, 5) is 14.6. The number of likely N-dealkylation sites (N-methyl/N-ethyl adjacent to an activating group) is 1. The third-order valence-corrected chi connectivity index (χ3v) is 5.75. The summed E-state index contributed by atoms with van der Waals surface area (Å²) in [5, 5.41) is 11.8. The van der Waals surface area contributed by atoms with Crippen LogP contribution in [0.1, 0.15) is 49.3 Å². The maximum absolute atomic E-state index is 12.9. The third kappa shape index (κ3) is 4.37. The van der Waals surface area contributed by atoms with Gasteiger partial charge >= 0.3 is 0 Å². The van der Waals surface area contributed by atoms with E-state index in [-0.39, 0.29) is 11.9 Å². The average molecular weight is 362 g/mol. The fourth-order valence-electron chi connectivity index (χ4n) is 4.04. The maximum atomic E-state index is 12.9. The minimum absolute atomic E-state index is 0.0234. The molecular weight excluding hydrogens is 334 g/mol. The van der Waals surface area contributed by atoms with Crippen molar-refractivity contribution in [1.29, 1.82) is 5.26 Å². The molecule has 2 N–H and O–H groups in total. The van der Waals surface area contributed by atoms with Crippen LogP contribution in [0.2, 0.25) is 0 Å². The van der Waals surface area contributed by atoms with E-state index in [0.29, 0.717) is 6.54 Å². The number of nitrogens with zero attached hydrogens (tertiary/aromatic N) is 2. The summed E-state index contributed by atoms with van der Waals surface area (Å²) in [7, 11) is 1.80. The minimum atomic E-state index is -0.627. The molecule has 4 nitrogen and oxygen atoms in total. The Morgan fingerprint density at radius 1 is 1.04 bits per heavy atom. The second kappa shape index (κ2) is 8.83. The van der Waals surface area contributed by atoms with E-state index in [2.05, 4.69) is 35.7 Å². The van der Waals surface area contributed by atoms with Crippen molar-refractivity contribution < 1.29 is 10.1 Å². The molecule has 1 aliphatic carbocycles. The highest BCUT2D eigenvalue weighted by molar-refractivity contribution is 5.78. The Labute approximate surface area is 161 Å². The van der Waals surface area contributed by atoms with Gasteiger partial charge in [-0.25, -0.2) is 0 Å². The maximum Gasteiger partial charge on any atom is 0.278 e. The van der Waals surface area contributed by atoms with E-state index >= 15 is 0 Å². The van der Waals surface area contributed by atoms with Crippen LogP contribution < -0.4 is 5.32 Å². The van der Waals surface area contributed by atoms with Crippen LogP contribution in [-0.2, 0) is 4.79 Å². The number of hydrogen-bond acceptors (Lipinski definition) is 2. The summed E-state index contributed by atoms with van der Waals surface area (Å²) in [5.74, 6) is 0.0234. The molecule has 0 atom stereocenters. The Hall–Kier alpha value is -2.64. The van der Waals surface area contributed by atoms with Gasteiger partial charge in [0.1, 0.15) is 11.6 Å². The normalized spacial score (nSPS) is 15.9. The zero-order valence-electron chi connectivity index (χ0n) is 16.0. The molecule has 0 aromatic heterocycles. The van der Waals surface area contributed by atoms with Crippen molar-refractivity contribution in [2.45, 2.75) is 43.7 Å². The van der Waals surface area contributed by atoms with E-state index in [0.717, 1.165) is 32.1 Å². The van der Waals surface area contributed by atoms with Crippen LogP contribution in [0.15, 0.2) is 60.7 Å². The Bertz CT molecular complexity index is 737. The van der Waals surface area contributed by atoms with Gasteiger partial charge in [0, 0.05) is 18.2 Å². The van der Waals surface area contributed by atoms with Crippen molar-refractivity contribution in [3.63, 3.8) is 0 Å². The quantitative estimate of drug-likeness (QED) is 0.859. The van der Waals surface area contributed by atoms with Crippen LogP contribution in [-0.4, -0.2) is 29.9 Å². The lowest BCUT2D eigenvalue weighted by molar-refractivity contribution is -0.677. The predicted octanol–water partition coefficient (Wildman–Crippen LogP) is 3.02. The molecule has 140 valence electrons. The van der Waals surface area contributed by atoms with Crippen molar-refractivity contribution in [2.75, 3.05) is 13.6 Å². The van der Waals surface area contributed by atoms with Gasteiger partial charge in [-0.2, -0.15) is 5.26 Å². The summed E-state index contributed by atoms with van der Waals surface area (Å²) >= 11 is 0. The molecule has 2 aromatic carbocycles. The lowest BCUT2D eigenvalue weighted by Crippen LogP contribution is -2.88. The standard InChI is InChI=1S/C23H27N3O/c1-26(23(18-24)15-9-4-10-16-23)21(27)17-25-22(19-11-5-2-6-12-19)20-13-7-3-8-14-20/h2-3,5-8,11-14,22,25H,4,9-10,15-17H2,1H3/p+1. The first-order chi connectivity index (χ1) is 13.2. The molecule has 27 heavy (non-hydrogen) atoms. The first kappa shape index (κ1) is 19.1. The number of nitrogens with two attached hydrogens (primary N) is 1. The Kier molecular flexibility index (Phi) is 6.26. The van der Waals surface area contributed by atoms with Crippen LogP contribution in [0.4, 0.5) is 0 Å². The van der Waals surface area contributed by atoms with Gasteiger partial charge in [-0.15, -0.1) is 0 Å². The van der Waals surface area contributed by atoms with Gasteiger partial charge in [-0.3, -0.25) is 4.79 Å². The molecule has 4 heteroatoms. The smallest absolute Gasteiger partial charge is 0.278 e. The van der Waals surface area contributed by atoms with E-state index in [1.807, 2.05) is 36.4 Å². The molecular formula is C23H28N3O+. The molecule has 1 aliphatic rings. The SMILES string of the molecule is CN(C(=O)C[NH2+]C(c1ccccc1)c1ccccc1)C1(C#N)CCCCC1. The monoisotopic (exact) mass is 362 g/mol. The number of amides is 1. The van der Waals surface area contributed by atoms with Crippen LogP contribution in [0.5, 0.6) is 0 Å². The number of carbonyl (C=O) groups excluding carboxylic acids is 1. The molecule has 0 radical (unpaired) electrons. The lowest BCUT2D eigenvalue weighted by Gasteiger charge is -2.38. The zero-order valence-corrected chi connectivity index (χ0v) is 16.0. The molecule has 0 aliphatic heterocycles. The summed E-state index contributed by atoms with van der Waals surface area (Å²) in [5.41, 5.74) is 1.72. The zero-order chi connectivity index (χ0) is 19.1. The van der Waals surface area contributed by atoms with Crippen LogP contribution in [0, 0.1) is 11.3 Å². The number of carbonyl (C=O) groups is 1. The van der Waals surface area contributed by atoms with E-state index in [4.69, 9.17) is 0 Å². The Balaban J connectivity index is 1.73. The predicted molar refractivity (Wildman–Crippen MR) is 106 cm³/mol. The number of hydrogen-bond donors (Lipinski definition) is 1. The van der Waals surface area contributed by atoms with Crippen molar-refractivity contribution in [3.8, 4) is 6.07 Å². The van der Waals surface area contributed by atoms with Gasteiger partial charge in [0.05, 0.1) is 6.07 Å². The van der Waals surface area contributed by atoms with Crippen molar-refractivity contribution in [1.82, 2.24) is 4.90 Å². The summed E-state index contributed by atoms with van der Waals surface area (Å²) in [6.07, 6.45) is 4.76. The van der Waals surface area contributed by atoms with E-state index in [1.54, 1.807) is 11.9 Å². The third-order valence-electron chi connectivity index (χ3n) is 5.75. The first-order valence-electron chi connectivity index (χ1n) is 9.77. The molecule has 1 amide bonds. The van der Waals surface area contributed by atoms with Gasteiger partial charge in [-0.1, -0.05) is 79.9 Å². The number of quaternary nitrogens is 1. The van der Waals surface area contributed by atoms with Gasteiger partial charge < -0.3 is 10.2 Å². The molecule has 1 fully saturated rings. The molecule has 0 heterocycles. The molecule has 0 saturated heterocycles. The van der Waals surface area contributed by atoms with Crippen molar-refractivity contribution in [2.24, 2.45) is 0 Å². The number of benzene rings is 2. The Morgan fingerprint density at radius 3 is 2.04 bits per heavy atom. The van der Waals surface area contributed by atoms with Gasteiger partial charge in [0.15, 0.2) is 6.54 Å². The van der Waals surface area contributed by atoms with Gasteiger partial charge in [-0.05, 0) is 12.8 Å². The molecule has 3 rings (SSSR count). The second-order valence-electron chi connectivity index (χ2n) is 7.40. The average Bonchev–Trinajstić information content (AvgIpc) is 2.75. The van der Waals surface area contributed by atoms with Crippen molar-refractivity contribution >= 4 is 5.91 Å². The molecule has 2 aromatic rings. The van der Waals surface area contributed by atoms with Crippen molar-refractivity contribution in [3.05, 3.63) is 71.8 Å². The lowest BCUT2D eigenvalue weighted by atomic mass is 9.81. The molecule has 0 spiro atoms. The summed E-state index contributed by atoms with van der Waals surface area (Å²) in [6.45, 7) is 0.328. The topological polar surface area (TPSA) is 60.7 Å². The van der Waals surface area contributed by atoms with E-state index in [9.17, 15) is 10.1 Å². The molecule has 0 bridgehead atoms. The highest BCUT2D eigenvalue weighted by Crippen LogP contribution is 2.32. The minimum Gasteiger partial charge on any atom is -0.328 e. The summed E-state index contributed by atoms with van der Waals surface area (Å²) < 4.78 is 0. The second-order valence-corrected chi connectivity index (χ2v) is 7.40. The first-order valence-corrected chi connectivity index (χ1v) is 9.77. The van der Waals surface area contributed by atoms with Crippen LogP contribution in [0.3, 0.4) is 0 Å². The highest BCUT2D eigenvalue weighted by atomic mass is 16.2. The van der Waals surface area contributed by atoms with E-state index < -0.39 is 5.54 Å². The molecule has 0 unspecified atom stereocenters. The Morgan fingerprint density at radius 2 is 1.56 bits per heavy atom. The number of nitriles is 1. The highest BCUT2D eigenvalue weighted by Gasteiger charge is 2.39. The van der Waals surface area contributed by atoms with Crippen LogP contribution >= 0.6 is 0 Å². The number of rotatable bonds is 6. The largest absolute Gasteiger partial charge is 0.328 e. The summed E-state index contributed by atoms with van der Waals surface area (Å²) in [6, 6.07) is 23.0. The van der Waals surface area contributed by atoms with E-state index in [1.165, 1.54) is 11.1 Å². The van der Waals surface area contributed by atoms with Crippen LogP contribution in [0.25, 0.3) is 0 Å².